The molecule has 1 amide bonds. The van der Waals surface area contributed by atoms with E-state index in [0.717, 1.165) is 16.5 Å². The summed E-state index contributed by atoms with van der Waals surface area (Å²) in [5.41, 5.74) is 6.09. The van der Waals surface area contributed by atoms with Crippen molar-refractivity contribution < 1.29 is 4.79 Å². The first-order valence-electron chi connectivity index (χ1n) is 6.74. The van der Waals surface area contributed by atoms with Gasteiger partial charge in [-0.05, 0) is 42.5 Å². The van der Waals surface area contributed by atoms with Gasteiger partial charge in [0, 0.05) is 22.9 Å². The number of amides is 1. The van der Waals surface area contributed by atoms with Crippen LogP contribution in [0.25, 0.3) is 0 Å². The summed E-state index contributed by atoms with van der Waals surface area (Å²) in [6.07, 6.45) is 0.857. The van der Waals surface area contributed by atoms with E-state index in [9.17, 15) is 4.79 Å². The summed E-state index contributed by atoms with van der Waals surface area (Å²) in [5.74, 6) is -0.0682. The molecule has 0 radical (unpaired) electrons. The number of likely N-dealkylation sites (N-methyl/N-ethyl adjacent to an activating group) is 1. The van der Waals surface area contributed by atoms with Gasteiger partial charge >= 0.3 is 0 Å². The van der Waals surface area contributed by atoms with Crippen molar-refractivity contribution in [1.82, 2.24) is 4.90 Å². The van der Waals surface area contributed by atoms with Crippen LogP contribution in [-0.4, -0.2) is 24.4 Å². The SMILES string of the molecule is CN(CCc1cccs1)C(=O)C(C)(N)c1ccc(Br)cc1.Cl. The predicted molar refractivity (Wildman–Crippen MR) is 98.6 cm³/mol. The maximum Gasteiger partial charge on any atom is 0.246 e. The summed E-state index contributed by atoms with van der Waals surface area (Å²) in [6.45, 7) is 2.43. The number of nitrogens with zero attached hydrogens (tertiary/aromatic N) is 1. The number of carbonyl (C=O) groups is 1. The molecule has 22 heavy (non-hydrogen) atoms. The van der Waals surface area contributed by atoms with E-state index in [0.29, 0.717) is 6.54 Å². The van der Waals surface area contributed by atoms with Gasteiger partial charge in [0.05, 0.1) is 0 Å². The van der Waals surface area contributed by atoms with E-state index >= 15 is 0 Å². The molecule has 3 nitrogen and oxygen atoms in total. The molecular formula is C16H20BrClN2OS. The fourth-order valence-electron chi connectivity index (χ4n) is 2.15. The first-order valence-corrected chi connectivity index (χ1v) is 8.41. The van der Waals surface area contributed by atoms with Crippen molar-refractivity contribution in [2.24, 2.45) is 5.73 Å². The second-order valence-electron chi connectivity index (χ2n) is 5.27. The smallest absolute Gasteiger partial charge is 0.246 e. The minimum absolute atomic E-state index is 0. The standard InChI is InChI=1S/C16H19BrN2OS.ClH/c1-16(18,12-5-7-13(17)8-6-12)15(20)19(2)10-9-14-4-3-11-21-14;/h3-8,11H,9-10,18H2,1-2H3;1H. The fourth-order valence-corrected chi connectivity index (χ4v) is 3.11. The first-order chi connectivity index (χ1) is 9.91. The molecule has 0 aliphatic carbocycles. The molecule has 0 spiro atoms. The summed E-state index contributed by atoms with van der Waals surface area (Å²) in [6, 6.07) is 11.7. The van der Waals surface area contributed by atoms with E-state index < -0.39 is 5.54 Å². The monoisotopic (exact) mass is 402 g/mol. The van der Waals surface area contributed by atoms with Gasteiger partial charge in [-0.3, -0.25) is 4.79 Å². The maximum atomic E-state index is 12.6. The molecule has 1 aromatic heterocycles. The van der Waals surface area contributed by atoms with Crippen LogP contribution in [0, 0.1) is 0 Å². The topological polar surface area (TPSA) is 46.3 Å². The van der Waals surface area contributed by atoms with Gasteiger partial charge in [-0.1, -0.05) is 34.1 Å². The molecule has 1 heterocycles. The lowest BCUT2D eigenvalue weighted by molar-refractivity contribution is -0.135. The molecular weight excluding hydrogens is 384 g/mol. The zero-order valence-corrected chi connectivity index (χ0v) is 15.8. The molecule has 2 N–H and O–H groups in total. The summed E-state index contributed by atoms with van der Waals surface area (Å²) < 4.78 is 0.973. The molecule has 2 aromatic rings. The third-order valence-electron chi connectivity index (χ3n) is 3.51. The second kappa shape index (κ2) is 8.11. The molecule has 1 unspecified atom stereocenters. The van der Waals surface area contributed by atoms with Gasteiger partial charge in [-0.2, -0.15) is 0 Å². The van der Waals surface area contributed by atoms with Crippen LogP contribution in [0.4, 0.5) is 0 Å². The minimum Gasteiger partial charge on any atom is -0.344 e. The molecule has 0 saturated heterocycles. The fraction of sp³-hybridized carbons (Fsp3) is 0.312. The number of rotatable bonds is 5. The van der Waals surface area contributed by atoms with Gasteiger partial charge in [0.25, 0.3) is 0 Å². The van der Waals surface area contributed by atoms with Crippen molar-refractivity contribution in [3.63, 3.8) is 0 Å². The van der Waals surface area contributed by atoms with Crippen molar-refractivity contribution in [2.75, 3.05) is 13.6 Å². The van der Waals surface area contributed by atoms with E-state index in [-0.39, 0.29) is 18.3 Å². The Hall–Kier alpha value is -0.880. The van der Waals surface area contributed by atoms with Crippen molar-refractivity contribution in [1.29, 1.82) is 0 Å². The van der Waals surface area contributed by atoms with E-state index in [2.05, 4.69) is 22.0 Å². The highest BCUT2D eigenvalue weighted by atomic mass is 79.9. The molecule has 0 saturated carbocycles. The second-order valence-corrected chi connectivity index (χ2v) is 7.21. The Kier molecular flexibility index (Phi) is 7.06. The van der Waals surface area contributed by atoms with Crippen LogP contribution in [-0.2, 0) is 16.8 Å². The quantitative estimate of drug-likeness (QED) is 0.825. The van der Waals surface area contributed by atoms with Crippen LogP contribution in [0.3, 0.4) is 0 Å². The van der Waals surface area contributed by atoms with Crippen LogP contribution in [0.2, 0.25) is 0 Å². The summed E-state index contributed by atoms with van der Waals surface area (Å²) >= 11 is 5.10. The van der Waals surface area contributed by atoms with Crippen LogP contribution in [0.15, 0.2) is 46.3 Å². The zero-order valence-electron chi connectivity index (χ0n) is 12.6. The third-order valence-corrected chi connectivity index (χ3v) is 4.97. The van der Waals surface area contributed by atoms with Crippen molar-refractivity contribution in [3.05, 3.63) is 56.7 Å². The largest absolute Gasteiger partial charge is 0.344 e. The summed E-state index contributed by atoms with van der Waals surface area (Å²) in [7, 11) is 1.81. The molecule has 0 bridgehead atoms. The maximum absolute atomic E-state index is 12.6. The molecule has 2 rings (SSSR count). The average Bonchev–Trinajstić information content (AvgIpc) is 2.97. The Labute approximate surface area is 150 Å². The van der Waals surface area contributed by atoms with Crippen molar-refractivity contribution in [3.8, 4) is 0 Å². The lowest BCUT2D eigenvalue weighted by Gasteiger charge is -2.29. The van der Waals surface area contributed by atoms with E-state index in [4.69, 9.17) is 5.73 Å². The number of nitrogens with two attached hydrogens (primary N) is 1. The van der Waals surface area contributed by atoms with Gasteiger partial charge in [-0.25, -0.2) is 0 Å². The first kappa shape index (κ1) is 19.2. The normalized spacial score (nSPS) is 13.1. The highest BCUT2D eigenvalue weighted by molar-refractivity contribution is 9.10. The number of hydrogen-bond donors (Lipinski definition) is 1. The number of thiophene rings is 1. The molecule has 0 fully saturated rings. The Morgan fingerprint density at radius 1 is 1.32 bits per heavy atom. The van der Waals surface area contributed by atoms with Gasteiger partial charge in [0.15, 0.2) is 0 Å². The predicted octanol–water partition coefficient (Wildman–Crippen LogP) is 3.81. The Morgan fingerprint density at radius 3 is 2.50 bits per heavy atom. The molecule has 0 aliphatic rings. The lowest BCUT2D eigenvalue weighted by Crippen LogP contribution is -2.50. The molecule has 120 valence electrons. The van der Waals surface area contributed by atoms with Crippen molar-refractivity contribution in [2.45, 2.75) is 18.9 Å². The molecule has 1 aromatic carbocycles. The highest BCUT2D eigenvalue weighted by Gasteiger charge is 2.32. The van der Waals surface area contributed by atoms with Gasteiger partial charge < -0.3 is 10.6 Å². The van der Waals surface area contributed by atoms with Crippen LogP contribution in [0.1, 0.15) is 17.4 Å². The van der Waals surface area contributed by atoms with E-state index in [1.165, 1.54) is 4.88 Å². The average molecular weight is 404 g/mol. The number of hydrogen-bond acceptors (Lipinski definition) is 3. The van der Waals surface area contributed by atoms with E-state index in [1.54, 1.807) is 30.2 Å². The number of halogens is 2. The molecule has 1 atom stereocenters. The molecule has 6 heteroatoms. The Morgan fingerprint density at radius 2 is 1.95 bits per heavy atom. The van der Waals surface area contributed by atoms with Gasteiger partial charge in [0.2, 0.25) is 5.91 Å². The van der Waals surface area contributed by atoms with Crippen LogP contribution in [0.5, 0.6) is 0 Å². The summed E-state index contributed by atoms with van der Waals surface area (Å²) in [5, 5.41) is 2.05. The molecule has 0 aliphatic heterocycles. The summed E-state index contributed by atoms with van der Waals surface area (Å²) in [4.78, 5) is 15.6. The number of benzene rings is 1. The third kappa shape index (κ3) is 4.56. The van der Waals surface area contributed by atoms with Gasteiger partial charge in [0.1, 0.15) is 5.54 Å². The zero-order chi connectivity index (χ0) is 15.5. The Bertz CT molecular complexity index is 599. The van der Waals surface area contributed by atoms with Crippen LogP contribution >= 0.6 is 39.7 Å². The Balaban J connectivity index is 0.00000242. The highest BCUT2D eigenvalue weighted by Crippen LogP contribution is 2.22. The minimum atomic E-state index is -1.01. The number of carbonyl (C=O) groups excluding carboxylic acids is 1. The lowest BCUT2D eigenvalue weighted by atomic mass is 9.91. The van der Waals surface area contributed by atoms with Crippen molar-refractivity contribution >= 4 is 45.6 Å². The van der Waals surface area contributed by atoms with Crippen LogP contribution < -0.4 is 5.73 Å². The van der Waals surface area contributed by atoms with Gasteiger partial charge in [-0.15, -0.1) is 23.7 Å². The van der Waals surface area contributed by atoms with E-state index in [1.807, 2.05) is 35.7 Å².